The van der Waals surface area contributed by atoms with E-state index in [0.717, 1.165) is 23.3 Å². The van der Waals surface area contributed by atoms with Gasteiger partial charge in [0.1, 0.15) is 0 Å². The maximum absolute atomic E-state index is 12.3. The SMILES string of the molecule is CSCCC(C)NC(=O)c1ccc(C)cc1C#CCN. The summed E-state index contributed by atoms with van der Waals surface area (Å²) in [6.45, 7) is 4.29. The van der Waals surface area contributed by atoms with Crippen molar-refractivity contribution in [3.05, 3.63) is 34.9 Å². The number of rotatable bonds is 5. The molecule has 0 radical (unpaired) electrons. The Hall–Kier alpha value is -1.44. The number of nitrogens with two attached hydrogens (primary N) is 1. The van der Waals surface area contributed by atoms with E-state index in [1.54, 1.807) is 11.8 Å². The van der Waals surface area contributed by atoms with Crippen molar-refractivity contribution in [2.24, 2.45) is 5.73 Å². The first-order chi connectivity index (χ1) is 9.58. The lowest BCUT2D eigenvalue weighted by Gasteiger charge is -2.14. The Balaban J connectivity index is 2.86. The molecule has 0 aliphatic carbocycles. The molecule has 0 saturated heterocycles. The molecule has 3 nitrogen and oxygen atoms in total. The van der Waals surface area contributed by atoms with Crippen LogP contribution < -0.4 is 11.1 Å². The number of nitrogens with one attached hydrogen (secondary N) is 1. The van der Waals surface area contributed by atoms with Crippen molar-refractivity contribution in [3.63, 3.8) is 0 Å². The molecule has 0 aliphatic heterocycles. The summed E-state index contributed by atoms with van der Waals surface area (Å²) in [5.41, 5.74) is 7.84. The van der Waals surface area contributed by atoms with Gasteiger partial charge in [-0.25, -0.2) is 0 Å². The van der Waals surface area contributed by atoms with Crippen LogP contribution in [0.3, 0.4) is 0 Å². The van der Waals surface area contributed by atoms with Gasteiger partial charge in [0, 0.05) is 11.6 Å². The van der Waals surface area contributed by atoms with Crippen LogP contribution >= 0.6 is 11.8 Å². The Morgan fingerprint density at radius 2 is 2.25 bits per heavy atom. The number of hydrogen-bond acceptors (Lipinski definition) is 3. The summed E-state index contributed by atoms with van der Waals surface area (Å²) >= 11 is 1.78. The summed E-state index contributed by atoms with van der Waals surface area (Å²) < 4.78 is 0. The molecule has 1 aromatic rings. The lowest BCUT2D eigenvalue weighted by atomic mass is 10.0. The molecule has 1 amide bonds. The summed E-state index contributed by atoms with van der Waals surface area (Å²) in [4.78, 5) is 12.3. The Labute approximate surface area is 125 Å². The van der Waals surface area contributed by atoms with Gasteiger partial charge in [0.05, 0.1) is 12.1 Å². The molecule has 0 aromatic heterocycles. The van der Waals surface area contributed by atoms with E-state index in [9.17, 15) is 4.79 Å². The van der Waals surface area contributed by atoms with Crippen LogP contribution in [0.1, 0.15) is 34.8 Å². The maximum atomic E-state index is 12.3. The molecule has 108 valence electrons. The van der Waals surface area contributed by atoms with E-state index in [2.05, 4.69) is 23.4 Å². The standard InChI is InChI=1S/C16H22N2OS/c1-12-6-7-15(14(11-12)5-4-9-17)16(19)18-13(2)8-10-20-3/h6-7,11,13H,8-10,17H2,1-3H3,(H,18,19). The molecule has 0 heterocycles. The van der Waals surface area contributed by atoms with Crippen molar-refractivity contribution in [2.45, 2.75) is 26.3 Å². The predicted molar refractivity (Wildman–Crippen MR) is 87.0 cm³/mol. The van der Waals surface area contributed by atoms with Gasteiger partial charge in [0.25, 0.3) is 5.91 Å². The zero-order valence-electron chi connectivity index (χ0n) is 12.3. The minimum atomic E-state index is -0.0695. The van der Waals surface area contributed by atoms with Crippen LogP contribution in [-0.4, -0.2) is 30.5 Å². The second-order valence-corrected chi connectivity index (χ2v) is 5.70. The first-order valence-corrected chi connectivity index (χ1v) is 8.07. The highest BCUT2D eigenvalue weighted by Crippen LogP contribution is 2.11. The fourth-order valence-electron chi connectivity index (χ4n) is 1.77. The van der Waals surface area contributed by atoms with Crippen molar-refractivity contribution in [2.75, 3.05) is 18.6 Å². The predicted octanol–water partition coefficient (Wildman–Crippen LogP) is 2.18. The molecular weight excluding hydrogens is 268 g/mol. The monoisotopic (exact) mass is 290 g/mol. The molecule has 0 saturated carbocycles. The van der Waals surface area contributed by atoms with E-state index in [1.165, 1.54) is 0 Å². The van der Waals surface area contributed by atoms with Gasteiger partial charge < -0.3 is 11.1 Å². The number of carbonyl (C=O) groups is 1. The van der Waals surface area contributed by atoms with Crippen molar-refractivity contribution < 1.29 is 4.79 Å². The molecule has 1 rings (SSSR count). The van der Waals surface area contributed by atoms with Gasteiger partial charge in [-0.15, -0.1) is 0 Å². The van der Waals surface area contributed by atoms with Gasteiger partial charge in [0.15, 0.2) is 0 Å². The van der Waals surface area contributed by atoms with Crippen LogP contribution in [0.25, 0.3) is 0 Å². The lowest BCUT2D eigenvalue weighted by Crippen LogP contribution is -2.33. The summed E-state index contributed by atoms with van der Waals surface area (Å²) in [7, 11) is 0. The summed E-state index contributed by atoms with van der Waals surface area (Å²) in [6, 6.07) is 5.83. The van der Waals surface area contributed by atoms with Gasteiger partial charge in [-0.05, 0) is 50.0 Å². The number of thioether (sulfide) groups is 1. The van der Waals surface area contributed by atoms with Crippen LogP contribution in [0.2, 0.25) is 0 Å². The minimum absolute atomic E-state index is 0.0695. The van der Waals surface area contributed by atoms with Crippen LogP contribution in [0, 0.1) is 18.8 Å². The first-order valence-electron chi connectivity index (χ1n) is 6.68. The second-order valence-electron chi connectivity index (χ2n) is 4.71. The highest BCUT2D eigenvalue weighted by molar-refractivity contribution is 7.98. The molecule has 3 N–H and O–H groups in total. The van der Waals surface area contributed by atoms with Gasteiger partial charge in [-0.3, -0.25) is 4.79 Å². The summed E-state index contributed by atoms with van der Waals surface area (Å²) in [5, 5.41) is 3.02. The Bertz CT molecular complexity index is 517. The van der Waals surface area contributed by atoms with E-state index in [0.29, 0.717) is 12.1 Å². The molecule has 0 bridgehead atoms. The normalized spacial score (nSPS) is 11.4. The molecular formula is C16H22N2OS. The van der Waals surface area contributed by atoms with Crippen molar-refractivity contribution in [1.29, 1.82) is 0 Å². The van der Waals surface area contributed by atoms with E-state index in [4.69, 9.17) is 5.73 Å². The molecule has 1 unspecified atom stereocenters. The third kappa shape index (κ3) is 5.28. The first kappa shape index (κ1) is 16.6. The van der Waals surface area contributed by atoms with Crippen molar-refractivity contribution in [1.82, 2.24) is 5.32 Å². The second kappa shape index (κ2) is 8.68. The van der Waals surface area contributed by atoms with Crippen LogP contribution in [-0.2, 0) is 0 Å². The molecule has 4 heteroatoms. The fraction of sp³-hybridized carbons (Fsp3) is 0.438. The molecule has 1 aromatic carbocycles. The average Bonchev–Trinajstić information content (AvgIpc) is 2.42. The van der Waals surface area contributed by atoms with Gasteiger partial charge in [-0.2, -0.15) is 11.8 Å². The molecule has 1 atom stereocenters. The molecule has 0 fully saturated rings. The average molecular weight is 290 g/mol. The number of carbonyl (C=O) groups excluding carboxylic acids is 1. The third-order valence-corrected chi connectivity index (χ3v) is 3.52. The maximum Gasteiger partial charge on any atom is 0.252 e. The van der Waals surface area contributed by atoms with E-state index >= 15 is 0 Å². The van der Waals surface area contributed by atoms with Gasteiger partial charge in [-0.1, -0.05) is 17.9 Å². The smallest absolute Gasteiger partial charge is 0.252 e. The third-order valence-electron chi connectivity index (χ3n) is 2.88. The Morgan fingerprint density at radius 3 is 2.90 bits per heavy atom. The molecule has 0 aliphatic rings. The summed E-state index contributed by atoms with van der Waals surface area (Å²) in [5.74, 6) is 6.75. The zero-order valence-corrected chi connectivity index (χ0v) is 13.1. The van der Waals surface area contributed by atoms with Gasteiger partial charge in [0.2, 0.25) is 0 Å². The minimum Gasteiger partial charge on any atom is -0.350 e. The summed E-state index contributed by atoms with van der Waals surface area (Å²) in [6.07, 6.45) is 3.03. The number of hydrogen-bond donors (Lipinski definition) is 2. The lowest BCUT2D eigenvalue weighted by molar-refractivity contribution is 0.0939. The highest BCUT2D eigenvalue weighted by Gasteiger charge is 2.12. The molecule has 0 spiro atoms. The largest absolute Gasteiger partial charge is 0.350 e. The van der Waals surface area contributed by atoms with E-state index < -0.39 is 0 Å². The number of amides is 1. The van der Waals surface area contributed by atoms with Crippen LogP contribution in [0.5, 0.6) is 0 Å². The van der Waals surface area contributed by atoms with Crippen LogP contribution in [0.4, 0.5) is 0 Å². The number of benzene rings is 1. The van der Waals surface area contributed by atoms with E-state index in [-0.39, 0.29) is 11.9 Å². The topological polar surface area (TPSA) is 55.1 Å². The number of aryl methyl sites for hydroxylation is 1. The zero-order chi connectivity index (χ0) is 15.0. The van der Waals surface area contributed by atoms with Crippen molar-refractivity contribution in [3.8, 4) is 11.8 Å². The Kier molecular flexibility index (Phi) is 7.21. The van der Waals surface area contributed by atoms with Gasteiger partial charge >= 0.3 is 0 Å². The van der Waals surface area contributed by atoms with Crippen molar-refractivity contribution >= 4 is 17.7 Å². The fourth-order valence-corrected chi connectivity index (χ4v) is 2.36. The van der Waals surface area contributed by atoms with E-state index in [1.807, 2.05) is 32.0 Å². The van der Waals surface area contributed by atoms with Crippen LogP contribution in [0.15, 0.2) is 18.2 Å². The Morgan fingerprint density at radius 1 is 1.50 bits per heavy atom. The quantitative estimate of drug-likeness (QED) is 0.817. The molecule has 20 heavy (non-hydrogen) atoms. The highest BCUT2D eigenvalue weighted by atomic mass is 32.2.